The summed E-state index contributed by atoms with van der Waals surface area (Å²) in [5.74, 6) is 2.23. The van der Waals surface area contributed by atoms with Crippen LogP contribution in [-0.2, 0) is 9.47 Å². The zero-order chi connectivity index (χ0) is 20.9. The van der Waals surface area contributed by atoms with Gasteiger partial charge in [0.1, 0.15) is 12.4 Å². The number of para-hydroxylation sites is 1. The van der Waals surface area contributed by atoms with Crippen molar-refractivity contribution in [1.82, 2.24) is 10.6 Å². The van der Waals surface area contributed by atoms with Crippen LogP contribution in [0.25, 0.3) is 11.1 Å². The number of rotatable bonds is 11. The lowest BCUT2D eigenvalue weighted by atomic mass is 10.1. The molecule has 0 saturated carbocycles. The van der Waals surface area contributed by atoms with Crippen LogP contribution in [0.5, 0.6) is 5.75 Å². The first-order valence-corrected chi connectivity index (χ1v) is 10.7. The second-order valence-corrected chi connectivity index (χ2v) is 7.29. The molecule has 0 radical (unpaired) electrons. The minimum Gasteiger partial charge on any atom is -0.491 e. The van der Waals surface area contributed by atoms with Crippen LogP contribution in [0.3, 0.4) is 0 Å². The summed E-state index contributed by atoms with van der Waals surface area (Å²) in [5.41, 5.74) is 2.26. The van der Waals surface area contributed by atoms with Crippen molar-refractivity contribution in [3.8, 4) is 16.9 Å². The molecule has 1 fully saturated rings. The highest BCUT2D eigenvalue weighted by Gasteiger charge is 2.15. The quantitative estimate of drug-likeness (QED) is 0.196. The molecule has 1 heterocycles. The van der Waals surface area contributed by atoms with Gasteiger partial charge in [-0.1, -0.05) is 48.5 Å². The molecule has 0 amide bonds. The van der Waals surface area contributed by atoms with Crippen LogP contribution in [0.4, 0.5) is 0 Å². The van der Waals surface area contributed by atoms with E-state index in [4.69, 9.17) is 14.2 Å². The molecule has 1 aliphatic heterocycles. The van der Waals surface area contributed by atoms with E-state index in [2.05, 4.69) is 33.8 Å². The highest BCUT2D eigenvalue weighted by Crippen LogP contribution is 2.29. The van der Waals surface area contributed by atoms with E-state index in [9.17, 15) is 0 Å². The van der Waals surface area contributed by atoms with Gasteiger partial charge in [0.15, 0.2) is 5.96 Å². The van der Waals surface area contributed by atoms with Gasteiger partial charge in [-0.15, -0.1) is 24.0 Å². The molecule has 1 unspecified atom stereocenters. The predicted molar refractivity (Wildman–Crippen MR) is 137 cm³/mol. The fourth-order valence-corrected chi connectivity index (χ4v) is 3.35. The molecule has 0 aromatic heterocycles. The molecule has 170 valence electrons. The van der Waals surface area contributed by atoms with Crippen LogP contribution in [0.2, 0.25) is 0 Å². The van der Waals surface area contributed by atoms with Crippen LogP contribution in [0, 0.1) is 5.92 Å². The maximum Gasteiger partial charge on any atom is 0.191 e. The molecular weight excluding hydrogens is 505 g/mol. The smallest absolute Gasteiger partial charge is 0.191 e. The number of nitrogens with zero attached hydrogens (tertiary/aromatic N) is 1. The maximum atomic E-state index is 6.02. The Morgan fingerprint density at radius 2 is 1.81 bits per heavy atom. The van der Waals surface area contributed by atoms with Crippen LogP contribution in [0.1, 0.15) is 12.8 Å². The third-order valence-electron chi connectivity index (χ3n) is 4.98. The molecule has 0 spiro atoms. The summed E-state index contributed by atoms with van der Waals surface area (Å²) in [5, 5.41) is 6.60. The Balaban J connectivity index is 0.00000341. The van der Waals surface area contributed by atoms with Gasteiger partial charge in [-0.3, -0.25) is 4.99 Å². The SMILES string of the molecule is CN=C(NCCCOCC1CCOC1)NCCOc1ccccc1-c1ccccc1.I. The standard InChI is InChI=1S/C24H33N3O3.HI/c1-25-24(26-13-7-15-28-18-20-12-16-29-19-20)27-14-17-30-23-11-6-5-10-22(23)21-8-3-2-4-9-21;/h2-6,8-11,20H,7,12-19H2,1H3,(H2,25,26,27);1H. The van der Waals surface area contributed by atoms with Gasteiger partial charge in [0, 0.05) is 38.3 Å². The molecule has 2 aromatic rings. The third kappa shape index (κ3) is 9.04. The predicted octanol–water partition coefficient (Wildman–Crippen LogP) is 3.96. The minimum absolute atomic E-state index is 0. The Labute approximate surface area is 202 Å². The van der Waals surface area contributed by atoms with Crippen molar-refractivity contribution in [2.75, 3.05) is 53.2 Å². The summed E-state index contributed by atoms with van der Waals surface area (Å²) < 4.78 is 17.1. The zero-order valence-corrected chi connectivity index (χ0v) is 20.5. The van der Waals surface area contributed by atoms with Gasteiger partial charge in [0.25, 0.3) is 0 Å². The van der Waals surface area contributed by atoms with Crippen molar-refractivity contribution in [3.05, 3.63) is 54.6 Å². The summed E-state index contributed by atoms with van der Waals surface area (Å²) in [6, 6.07) is 18.4. The number of aliphatic imine (C=N–C) groups is 1. The first-order valence-electron chi connectivity index (χ1n) is 10.7. The summed E-state index contributed by atoms with van der Waals surface area (Å²) in [4.78, 5) is 4.26. The lowest BCUT2D eigenvalue weighted by Gasteiger charge is -2.14. The van der Waals surface area contributed by atoms with Crippen molar-refractivity contribution in [2.45, 2.75) is 12.8 Å². The number of benzene rings is 2. The molecule has 2 N–H and O–H groups in total. The van der Waals surface area contributed by atoms with Crippen LogP contribution in [0.15, 0.2) is 59.6 Å². The van der Waals surface area contributed by atoms with Gasteiger partial charge in [-0.05, 0) is 24.5 Å². The van der Waals surface area contributed by atoms with E-state index in [1.165, 1.54) is 0 Å². The van der Waals surface area contributed by atoms with Gasteiger partial charge in [0.05, 0.1) is 19.8 Å². The van der Waals surface area contributed by atoms with E-state index >= 15 is 0 Å². The lowest BCUT2D eigenvalue weighted by molar-refractivity contribution is 0.0888. The monoisotopic (exact) mass is 539 g/mol. The topological polar surface area (TPSA) is 64.1 Å². The van der Waals surface area contributed by atoms with Crippen molar-refractivity contribution in [1.29, 1.82) is 0 Å². The van der Waals surface area contributed by atoms with E-state index < -0.39 is 0 Å². The molecule has 0 aliphatic carbocycles. The number of hydrogen-bond donors (Lipinski definition) is 2. The normalized spacial score (nSPS) is 15.9. The van der Waals surface area contributed by atoms with Crippen molar-refractivity contribution >= 4 is 29.9 Å². The fourth-order valence-electron chi connectivity index (χ4n) is 3.35. The van der Waals surface area contributed by atoms with Gasteiger partial charge in [0.2, 0.25) is 0 Å². The Morgan fingerprint density at radius 1 is 1.03 bits per heavy atom. The fraction of sp³-hybridized carbons (Fsp3) is 0.458. The number of ether oxygens (including phenoxy) is 3. The van der Waals surface area contributed by atoms with Crippen LogP contribution >= 0.6 is 24.0 Å². The molecule has 3 rings (SSSR count). The molecule has 6 nitrogen and oxygen atoms in total. The molecule has 2 aromatic carbocycles. The molecule has 1 aliphatic rings. The molecular formula is C24H34IN3O3. The van der Waals surface area contributed by atoms with E-state index in [1.54, 1.807) is 7.05 Å². The first kappa shape index (κ1) is 25.4. The zero-order valence-electron chi connectivity index (χ0n) is 18.2. The van der Waals surface area contributed by atoms with Gasteiger partial charge < -0.3 is 24.8 Å². The Morgan fingerprint density at radius 3 is 2.58 bits per heavy atom. The maximum absolute atomic E-state index is 6.02. The van der Waals surface area contributed by atoms with E-state index in [-0.39, 0.29) is 24.0 Å². The van der Waals surface area contributed by atoms with Gasteiger partial charge in [-0.2, -0.15) is 0 Å². The van der Waals surface area contributed by atoms with Crippen LogP contribution < -0.4 is 15.4 Å². The number of guanidine groups is 1. The highest BCUT2D eigenvalue weighted by atomic mass is 127. The van der Waals surface area contributed by atoms with Crippen molar-refractivity contribution < 1.29 is 14.2 Å². The lowest BCUT2D eigenvalue weighted by Crippen LogP contribution is -2.40. The summed E-state index contributed by atoms with van der Waals surface area (Å²) in [6.07, 6.45) is 2.06. The number of halogens is 1. The summed E-state index contributed by atoms with van der Waals surface area (Å²) in [6.45, 7) is 5.30. The third-order valence-corrected chi connectivity index (χ3v) is 4.98. The first-order chi connectivity index (χ1) is 14.9. The highest BCUT2D eigenvalue weighted by molar-refractivity contribution is 14.0. The minimum atomic E-state index is 0. The average molecular weight is 539 g/mol. The van der Waals surface area contributed by atoms with Gasteiger partial charge in [-0.25, -0.2) is 0 Å². The van der Waals surface area contributed by atoms with E-state index in [1.807, 2.05) is 36.4 Å². The van der Waals surface area contributed by atoms with E-state index in [0.29, 0.717) is 19.1 Å². The summed E-state index contributed by atoms with van der Waals surface area (Å²) in [7, 11) is 1.78. The van der Waals surface area contributed by atoms with Crippen molar-refractivity contribution in [3.63, 3.8) is 0 Å². The second kappa shape index (κ2) is 15.0. The summed E-state index contributed by atoms with van der Waals surface area (Å²) >= 11 is 0. The Hall–Kier alpha value is -1.84. The van der Waals surface area contributed by atoms with Crippen molar-refractivity contribution in [2.24, 2.45) is 10.9 Å². The second-order valence-electron chi connectivity index (χ2n) is 7.29. The molecule has 0 bridgehead atoms. The van der Waals surface area contributed by atoms with E-state index in [0.717, 1.165) is 68.6 Å². The number of hydrogen-bond acceptors (Lipinski definition) is 4. The molecule has 31 heavy (non-hydrogen) atoms. The van der Waals surface area contributed by atoms with Crippen LogP contribution in [-0.4, -0.2) is 59.1 Å². The Bertz CT molecular complexity index is 768. The molecule has 1 saturated heterocycles. The van der Waals surface area contributed by atoms with Gasteiger partial charge >= 0.3 is 0 Å². The number of nitrogens with one attached hydrogen (secondary N) is 2. The molecule has 7 heteroatoms. The largest absolute Gasteiger partial charge is 0.491 e. The Kier molecular flexibility index (Phi) is 12.3. The molecule has 1 atom stereocenters. The average Bonchev–Trinajstić information content (AvgIpc) is 3.32.